The Morgan fingerprint density at radius 1 is 0.538 bits per heavy atom. The molecular weight excluding hydrogens is 156 g/mol. The van der Waals surface area contributed by atoms with E-state index in [2.05, 4.69) is 48.6 Å². The van der Waals surface area contributed by atoms with Crippen LogP contribution in [0.5, 0.6) is 0 Å². The molecule has 0 aromatic heterocycles. The van der Waals surface area contributed by atoms with E-state index in [4.69, 9.17) is 0 Å². The van der Waals surface area contributed by atoms with Crippen molar-refractivity contribution in [3.8, 4) is 0 Å². The van der Waals surface area contributed by atoms with Gasteiger partial charge in [0.1, 0.15) is 0 Å². The first-order chi connectivity index (χ1) is 6.50. The second-order valence-electron chi connectivity index (χ2n) is 3.23. The summed E-state index contributed by atoms with van der Waals surface area (Å²) in [6.07, 6.45) is 23.5. The van der Waals surface area contributed by atoms with Gasteiger partial charge >= 0.3 is 0 Å². The molecule has 0 radical (unpaired) electrons. The van der Waals surface area contributed by atoms with Crippen molar-refractivity contribution < 1.29 is 0 Å². The molecule has 1 rings (SSSR count). The van der Waals surface area contributed by atoms with E-state index >= 15 is 0 Å². The third kappa shape index (κ3) is 6.15. The first kappa shape index (κ1) is 10.0. The first-order valence-corrected chi connectivity index (χ1v) is 5.13. The molecule has 0 atom stereocenters. The van der Waals surface area contributed by atoms with E-state index in [0.717, 1.165) is 6.42 Å². The van der Waals surface area contributed by atoms with E-state index in [9.17, 15) is 0 Å². The van der Waals surface area contributed by atoms with E-state index < -0.39 is 0 Å². The Bertz CT molecular complexity index is 216. The minimum absolute atomic E-state index is 1.06. The maximum atomic E-state index is 2.29. The summed E-state index contributed by atoms with van der Waals surface area (Å²) in [5.74, 6) is 0. The third-order valence-electron chi connectivity index (χ3n) is 2.04. The summed E-state index contributed by atoms with van der Waals surface area (Å²) in [5.41, 5.74) is 0. The molecule has 0 aliphatic heterocycles. The fourth-order valence-electron chi connectivity index (χ4n) is 1.28. The van der Waals surface area contributed by atoms with Crippen LogP contribution in [-0.2, 0) is 0 Å². The topological polar surface area (TPSA) is 0 Å². The van der Waals surface area contributed by atoms with E-state index in [1.54, 1.807) is 0 Å². The van der Waals surface area contributed by atoms with E-state index in [1.807, 2.05) is 0 Å². The smallest absolute Gasteiger partial charge is 0.0166 e. The predicted molar refractivity (Wildman–Crippen MR) is 59.6 cm³/mol. The lowest BCUT2D eigenvalue weighted by atomic mass is 10.2. The Kier molecular flexibility index (Phi) is 5.87. The van der Waals surface area contributed by atoms with Crippen LogP contribution in [0.3, 0.4) is 0 Å². The van der Waals surface area contributed by atoms with Crippen molar-refractivity contribution in [1.29, 1.82) is 0 Å². The zero-order chi connectivity index (χ0) is 9.19. The van der Waals surface area contributed by atoms with Gasteiger partial charge in [0.15, 0.2) is 0 Å². The van der Waals surface area contributed by atoms with Crippen molar-refractivity contribution in [2.24, 2.45) is 0 Å². The van der Waals surface area contributed by atoms with Crippen LogP contribution in [0.15, 0.2) is 48.6 Å². The molecule has 0 spiro atoms. The molecule has 0 fully saturated rings. The summed E-state index contributed by atoms with van der Waals surface area (Å²) in [5, 5.41) is 0. The number of allylic oxidation sites excluding steroid dienone is 8. The third-order valence-corrected chi connectivity index (χ3v) is 2.04. The number of hydrogen-bond acceptors (Lipinski definition) is 0. The SMILES string of the molecule is C1=C\C=C\CCCC/C=C/C/C=C/1. The fourth-order valence-corrected chi connectivity index (χ4v) is 1.28. The molecule has 0 nitrogen and oxygen atoms in total. The van der Waals surface area contributed by atoms with Crippen molar-refractivity contribution in [2.45, 2.75) is 32.1 Å². The molecule has 1 aliphatic carbocycles. The molecule has 0 heteroatoms. The van der Waals surface area contributed by atoms with E-state index in [-0.39, 0.29) is 0 Å². The van der Waals surface area contributed by atoms with Crippen molar-refractivity contribution in [2.75, 3.05) is 0 Å². The maximum Gasteiger partial charge on any atom is -0.0166 e. The molecule has 70 valence electrons. The monoisotopic (exact) mass is 174 g/mol. The molecule has 0 heterocycles. The molecule has 0 saturated heterocycles. The minimum atomic E-state index is 1.06. The number of rotatable bonds is 0. The summed E-state index contributed by atoms with van der Waals surface area (Å²) in [7, 11) is 0. The van der Waals surface area contributed by atoms with Crippen LogP contribution >= 0.6 is 0 Å². The zero-order valence-corrected chi connectivity index (χ0v) is 8.15. The summed E-state index contributed by atoms with van der Waals surface area (Å²) in [6, 6.07) is 0. The lowest BCUT2D eigenvalue weighted by molar-refractivity contribution is 0.761. The van der Waals surface area contributed by atoms with Crippen LogP contribution in [0, 0.1) is 0 Å². The van der Waals surface area contributed by atoms with Gasteiger partial charge in [-0.2, -0.15) is 0 Å². The second kappa shape index (κ2) is 7.60. The zero-order valence-electron chi connectivity index (χ0n) is 8.15. The Morgan fingerprint density at radius 2 is 1.23 bits per heavy atom. The van der Waals surface area contributed by atoms with Crippen molar-refractivity contribution in [3.05, 3.63) is 48.6 Å². The Balaban J connectivity index is 2.38. The van der Waals surface area contributed by atoms with Crippen LogP contribution in [0.4, 0.5) is 0 Å². The molecule has 13 heavy (non-hydrogen) atoms. The van der Waals surface area contributed by atoms with Crippen molar-refractivity contribution in [3.63, 3.8) is 0 Å². The highest BCUT2D eigenvalue weighted by Gasteiger charge is 1.83. The maximum absolute atomic E-state index is 2.29. The summed E-state index contributed by atoms with van der Waals surface area (Å²) < 4.78 is 0. The minimum Gasteiger partial charge on any atom is -0.0882 e. The van der Waals surface area contributed by atoms with Crippen LogP contribution < -0.4 is 0 Å². The number of hydrogen-bond donors (Lipinski definition) is 0. The molecule has 0 aromatic carbocycles. The fraction of sp³-hybridized carbons (Fsp3) is 0.385. The van der Waals surface area contributed by atoms with Gasteiger partial charge in [0.25, 0.3) is 0 Å². The van der Waals surface area contributed by atoms with Gasteiger partial charge in [-0.25, -0.2) is 0 Å². The average molecular weight is 174 g/mol. The van der Waals surface area contributed by atoms with Gasteiger partial charge in [-0.05, 0) is 32.1 Å². The largest absolute Gasteiger partial charge is 0.0882 e. The lowest BCUT2D eigenvalue weighted by Gasteiger charge is -1.91. The van der Waals surface area contributed by atoms with Gasteiger partial charge in [-0.1, -0.05) is 48.6 Å². The van der Waals surface area contributed by atoms with Crippen LogP contribution in [0.1, 0.15) is 32.1 Å². The molecule has 0 unspecified atom stereocenters. The van der Waals surface area contributed by atoms with Crippen molar-refractivity contribution >= 4 is 0 Å². The highest BCUT2D eigenvalue weighted by atomic mass is 13.9. The summed E-state index contributed by atoms with van der Waals surface area (Å²) in [4.78, 5) is 0. The van der Waals surface area contributed by atoms with Gasteiger partial charge in [0, 0.05) is 0 Å². The van der Waals surface area contributed by atoms with E-state index in [0.29, 0.717) is 0 Å². The molecule has 0 amide bonds. The predicted octanol–water partition coefficient (Wildman–Crippen LogP) is 4.18. The quantitative estimate of drug-likeness (QED) is 0.483. The van der Waals surface area contributed by atoms with Gasteiger partial charge < -0.3 is 0 Å². The van der Waals surface area contributed by atoms with E-state index in [1.165, 1.54) is 25.7 Å². The standard InChI is InChI=1S/C13H18/c1-2-4-6-8-10-12-13-11-9-7-5-3-1/h1-6,9,11H,7-8,10,12-13H2/b2-1-,5-3+,6-4+,11-9+. The van der Waals surface area contributed by atoms with Crippen molar-refractivity contribution in [1.82, 2.24) is 0 Å². The molecule has 1 aliphatic rings. The van der Waals surface area contributed by atoms with Crippen LogP contribution in [0.2, 0.25) is 0 Å². The van der Waals surface area contributed by atoms with Gasteiger partial charge in [0.05, 0.1) is 0 Å². The molecule has 0 N–H and O–H groups in total. The van der Waals surface area contributed by atoms with Crippen LogP contribution in [0.25, 0.3) is 0 Å². The van der Waals surface area contributed by atoms with Gasteiger partial charge in [-0.3, -0.25) is 0 Å². The highest BCUT2D eigenvalue weighted by Crippen LogP contribution is 2.03. The summed E-state index contributed by atoms with van der Waals surface area (Å²) >= 11 is 0. The molecule has 0 bridgehead atoms. The Hall–Kier alpha value is -1.04. The van der Waals surface area contributed by atoms with Crippen LogP contribution in [-0.4, -0.2) is 0 Å². The van der Waals surface area contributed by atoms with Gasteiger partial charge in [-0.15, -0.1) is 0 Å². The molecule has 0 aromatic rings. The Labute approximate surface area is 81.4 Å². The second-order valence-corrected chi connectivity index (χ2v) is 3.23. The summed E-state index contributed by atoms with van der Waals surface area (Å²) in [6.45, 7) is 0. The first-order valence-electron chi connectivity index (χ1n) is 5.13. The molecular formula is C13H18. The average Bonchev–Trinajstić information content (AvgIpc) is 2.18. The Morgan fingerprint density at radius 3 is 2.08 bits per heavy atom. The normalized spacial score (nSPS) is 28.9. The highest BCUT2D eigenvalue weighted by molar-refractivity contribution is 5.12. The lowest BCUT2D eigenvalue weighted by Crippen LogP contribution is -1.71. The van der Waals surface area contributed by atoms with Gasteiger partial charge in [0.2, 0.25) is 0 Å². The molecule has 0 saturated carbocycles.